The summed E-state index contributed by atoms with van der Waals surface area (Å²) in [5, 5.41) is 3.30. The maximum atomic E-state index is 13.4. The van der Waals surface area contributed by atoms with Gasteiger partial charge in [-0.3, -0.25) is 10.1 Å². The van der Waals surface area contributed by atoms with Crippen LogP contribution in [0, 0.1) is 11.6 Å². The van der Waals surface area contributed by atoms with E-state index in [0.717, 1.165) is 31.7 Å². The van der Waals surface area contributed by atoms with E-state index in [0.29, 0.717) is 12.1 Å². The fourth-order valence-electron chi connectivity index (χ4n) is 2.78. The van der Waals surface area contributed by atoms with Crippen LogP contribution in [0.25, 0.3) is 0 Å². The summed E-state index contributed by atoms with van der Waals surface area (Å²) in [4.78, 5) is 14.2. The quantitative estimate of drug-likeness (QED) is 0.919. The summed E-state index contributed by atoms with van der Waals surface area (Å²) in [5.41, 5.74) is 0.167. The van der Waals surface area contributed by atoms with Crippen molar-refractivity contribution in [3.63, 3.8) is 0 Å². The van der Waals surface area contributed by atoms with Crippen molar-refractivity contribution < 1.29 is 13.6 Å². The van der Waals surface area contributed by atoms with Gasteiger partial charge in [0.25, 0.3) is 0 Å². The molecule has 1 aliphatic heterocycles. The van der Waals surface area contributed by atoms with Gasteiger partial charge in [0.05, 0.1) is 0 Å². The van der Waals surface area contributed by atoms with E-state index in [1.54, 1.807) is 11.0 Å². The molecule has 2 fully saturated rings. The second-order valence-electron chi connectivity index (χ2n) is 5.65. The molecule has 3 nitrogen and oxygen atoms in total. The molecule has 1 aliphatic carbocycles. The van der Waals surface area contributed by atoms with Gasteiger partial charge in [0.2, 0.25) is 5.91 Å². The molecule has 1 saturated carbocycles. The van der Waals surface area contributed by atoms with Crippen LogP contribution in [0.4, 0.5) is 8.78 Å². The molecule has 1 unspecified atom stereocenters. The van der Waals surface area contributed by atoms with E-state index >= 15 is 0 Å². The zero-order chi connectivity index (χ0) is 14.3. The fraction of sp³-hybridized carbons (Fsp3) is 0.533. The summed E-state index contributed by atoms with van der Waals surface area (Å²) in [7, 11) is 0. The average Bonchev–Trinajstić information content (AvgIpc) is 3.16. The Morgan fingerprint density at radius 1 is 1.35 bits per heavy atom. The normalized spacial score (nSPS) is 23.6. The van der Waals surface area contributed by atoms with Gasteiger partial charge in [0.1, 0.15) is 11.7 Å². The number of amides is 1. The largest absolute Gasteiger partial charge is 0.321 e. The first kappa shape index (κ1) is 13.5. The zero-order valence-electron chi connectivity index (χ0n) is 11.5. The Kier molecular flexibility index (Phi) is 3.24. The number of nitrogens with one attached hydrogen (secondary N) is 1. The Balaban J connectivity index is 1.89. The number of hydrogen-bond donors (Lipinski definition) is 1. The number of nitrogens with zero attached hydrogens (tertiary/aromatic N) is 1. The molecule has 1 spiro atoms. The standard InChI is InChI=1S/C15H18F2N2O/c1-2-3-8-19-13(18-15(6-7-15)14(19)20)10-4-5-11(16)12(17)9-10/h4-5,9,13,18H,2-3,6-8H2,1H3. The molecule has 1 atom stereocenters. The predicted octanol–water partition coefficient (Wildman–Crippen LogP) is 2.73. The molecule has 1 aromatic rings. The van der Waals surface area contributed by atoms with Crippen LogP contribution in [0.15, 0.2) is 18.2 Å². The van der Waals surface area contributed by atoms with Crippen LogP contribution in [0.5, 0.6) is 0 Å². The van der Waals surface area contributed by atoms with E-state index in [1.807, 2.05) is 0 Å². The summed E-state index contributed by atoms with van der Waals surface area (Å²) in [5.74, 6) is -1.64. The Morgan fingerprint density at radius 3 is 2.70 bits per heavy atom. The first-order valence-electron chi connectivity index (χ1n) is 7.11. The van der Waals surface area contributed by atoms with Crippen molar-refractivity contribution in [2.24, 2.45) is 0 Å². The van der Waals surface area contributed by atoms with E-state index in [4.69, 9.17) is 0 Å². The summed E-state index contributed by atoms with van der Waals surface area (Å²) in [6.45, 7) is 2.71. The van der Waals surface area contributed by atoms with Gasteiger partial charge in [-0.05, 0) is 37.0 Å². The number of unbranched alkanes of at least 4 members (excludes halogenated alkanes) is 1. The van der Waals surface area contributed by atoms with Crippen LogP contribution in [0.2, 0.25) is 0 Å². The third-order valence-corrected chi connectivity index (χ3v) is 4.16. The van der Waals surface area contributed by atoms with E-state index in [1.165, 1.54) is 6.07 Å². The number of hydrogen-bond acceptors (Lipinski definition) is 2. The highest BCUT2D eigenvalue weighted by atomic mass is 19.2. The lowest BCUT2D eigenvalue weighted by Gasteiger charge is -2.24. The predicted molar refractivity (Wildman–Crippen MR) is 70.8 cm³/mol. The maximum absolute atomic E-state index is 13.4. The molecule has 2 aliphatic rings. The van der Waals surface area contributed by atoms with Crippen molar-refractivity contribution in [2.75, 3.05) is 6.54 Å². The maximum Gasteiger partial charge on any atom is 0.244 e. The van der Waals surface area contributed by atoms with Crippen molar-refractivity contribution in [3.8, 4) is 0 Å². The highest BCUT2D eigenvalue weighted by molar-refractivity contribution is 5.92. The highest BCUT2D eigenvalue weighted by Gasteiger charge is 2.59. The van der Waals surface area contributed by atoms with Crippen molar-refractivity contribution in [1.82, 2.24) is 10.2 Å². The summed E-state index contributed by atoms with van der Waals surface area (Å²) < 4.78 is 26.5. The van der Waals surface area contributed by atoms with Crippen molar-refractivity contribution in [1.29, 1.82) is 0 Å². The number of benzene rings is 1. The van der Waals surface area contributed by atoms with Gasteiger partial charge in [-0.1, -0.05) is 19.4 Å². The van der Waals surface area contributed by atoms with Crippen LogP contribution in [-0.2, 0) is 4.79 Å². The van der Waals surface area contributed by atoms with E-state index in [2.05, 4.69) is 12.2 Å². The first-order valence-corrected chi connectivity index (χ1v) is 7.11. The molecule has 0 aromatic heterocycles. The molecule has 1 aromatic carbocycles. The lowest BCUT2D eigenvalue weighted by molar-refractivity contribution is -0.130. The Morgan fingerprint density at radius 2 is 2.10 bits per heavy atom. The van der Waals surface area contributed by atoms with Gasteiger partial charge in [-0.15, -0.1) is 0 Å². The Hall–Kier alpha value is -1.49. The molecule has 20 heavy (non-hydrogen) atoms. The average molecular weight is 280 g/mol. The lowest BCUT2D eigenvalue weighted by atomic mass is 10.1. The Labute approximate surface area is 117 Å². The number of carbonyl (C=O) groups is 1. The molecule has 1 N–H and O–H groups in total. The lowest BCUT2D eigenvalue weighted by Crippen LogP contribution is -2.33. The fourth-order valence-corrected chi connectivity index (χ4v) is 2.78. The summed E-state index contributed by atoms with van der Waals surface area (Å²) >= 11 is 0. The molecule has 1 heterocycles. The molecule has 5 heteroatoms. The van der Waals surface area contributed by atoms with Crippen molar-refractivity contribution >= 4 is 5.91 Å². The summed E-state index contributed by atoms with van der Waals surface area (Å²) in [6.07, 6.45) is 3.21. The van der Waals surface area contributed by atoms with E-state index < -0.39 is 17.2 Å². The van der Waals surface area contributed by atoms with Crippen LogP contribution in [0.1, 0.15) is 44.3 Å². The highest BCUT2D eigenvalue weighted by Crippen LogP contribution is 2.46. The van der Waals surface area contributed by atoms with Crippen molar-refractivity contribution in [3.05, 3.63) is 35.4 Å². The molecular formula is C15H18F2N2O. The zero-order valence-corrected chi connectivity index (χ0v) is 11.5. The minimum Gasteiger partial charge on any atom is -0.321 e. The second kappa shape index (κ2) is 4.81. The number of carbonyl (C=O) groups excluding carboxylic acids is 1. The van der Waals surface area contributed by atoms with Gasteiger partial charge in [-0.2, -0.15) is 0 Å². The minimum atomic E-state index is -0.871. The van der Waals surface area contributed by atoms with Crippen LogP contribution in [-0.4, -0.2) is 22.9 Å². The van der Waals surface area contributed by atoms with Crippen LogP contribution < -0.4 is 5.32 Å². The third kappa shape index (κ3) is 2.10. The van der Waals surface area contributed by atoms with Crippen LogP contribution in [0.3, 0.4) is 0 Å². The number of halogens is 2. The monoisotopic (exact) mass is 280 g/mol. The van der Waals surface area contributed by atoms with Gasteiger partial charge >= 0.3 is 0 Å². The topological polar surface area (TPSA) is 32.3 Å². The number of rotatable bonds is 4. The van der Waals surface area contributed by atoms with Crippen molar-refractivity contribution in [2.45, 2.75) is 44.3 Å². The first-order chi connectivity index (χ1) is 9.57. The minimum absolute atomic E-state index is 0.0979. The van der Waals surface area contributed by atoms with E-state index in [9.17, 15) is 13.6 Å². The van der Waals surface area contributed by atoms with Crippen LogP contribution >= 0.6 is 0 Å². The SMILES string of the molecule is CCCCN1C(=O)C2(CC2)NC1c1ccc(F)c(F)c1. The summed E-state index contributed by atoms with van der Waals surface area (Å²) in [6, 6.07) is 3.84. The van der Waals surface area contributed by atoms with Gasteiger partial charge < -0.3 is 4.90 Å². The molecular weight excluding hydrogens is 262 g/mol. The molecule has 0 bridgehead atoms. The van der Waals surface area contributed by atoms with Gasteiger partial charge in [0, 0.05) is 6.54 Å². The van der Waals surface area contributed by atoms with Gasteiger partial charge in [0.15, 0.2) is 11.6 Å². The molecule has 3 rings (SSSR count). The second-order valence-corrected chi connectivity index (χ2v) is 5.65. The van der Waals surface area contributed by atoms with Gasteiger partial charge in [-0.25, -0.2) is 8.78 Å². The molecule has 1 amide bonds. The molecule has 1 saturated heterocycles. The molecule has 108 valence electrons. The smallest absolute Gasteiger partial charge is 0.244 e. The molecule has 0 radical (unpaired) electrons. The Bertz CT molecular complexity index is 543. The third-order valence-electron chi connectivity index (χ3n) is 4.16. The van der Waals surface area contributed by atoms with E-state index in [-0.39, 0.29) is 12.1 Å².